The van der Waals surface area contributed by atoms with Crippen LogP contribution in [-0.2, 0) is 19.9 Å². The molecule has 1 heterocycles. The second-order valence-corrected chi connectivity index (χ2v) is 6.73. The van der Waals surface area contributed by atoms with Crippen LogP contribution in [0.25, 0.3) is 0 Å². The van der Waals surface area contributed by atoms with Gasteiger partial charge in [-0.15, -0.1) is 0 Å². The SMILES string of the molecule is CCc1nn(C)c(CC2(C#N)CCC(C)CC2)c1Br. The van der Waals surface area contributed by atoms with Crippen LogP contribution in [-0.4, -0.2) is 9.78 Å². The molecule has 0 spiro atoms. The van der Waals surface area contributed by atoms with Crippen molar-refractivity contribution in [3.63, 3.8) is 0 Å². The van der Waals surface area contributed by atoms with E-state index in [1.165, 1.54) is 18.5 Å². The maximum atomic E-state index is 9.64. The molecule has 0 radical (unpaired) electrons. The van der Waals surface area contributed by atoms with Crippen LogP contribution in [0.1, 0.15) is 50.9 Å². The normalized spacial score (nSPS) is 27.2. The Labute approximate surface area is 124 Å². The van der Waals surface area contributed by atoms with Crippen molar-refractivity contribution in [3.05, 3.63) is 15.9 Å². The van der Waals surface area contributed by atoms with Crippen molar-refractivity contribution >= 4 is 15.9 Å². The molecule has 0 bridgehead atoms. The summed E-state index contributed by atoms with van der Waals surface area (Å²) in [5.74, 6) is 0.766. The molecule has 0 aliphatic heterocycles. The molecule has 0 atom stereocenters. The Balaban J connectivity index is 2.24. The van der Waals surface area contributed by atoms with E-state index in [9.17, 15) is 5.26 Å². The summed E-state index contributed by atoms with van der Waals surface area (Å²) < 4.78 is 3.05. The van der Waals surface area contributed by atoms with Crippen molar-refractivity contribution in [2.24, 2.45) is 18.4 Å². The standard InChI is InChI=1S/C15H22BrN3/c1-4-12-14(16)13(19(3)18-12)9-15(10-17)7-5-11(2)6-8-15/h11H,4-9H2,1-3H3. The summed E-state index contributed by atoms with van der Waals surface area (Å²) in [7, 11) is 1.98. The van der Waals surface area contributed by atoms with Crippen LogP contribution in [0, 0.1) is 22.7 Å². The highest BCUT2D eigenvalue weighted by molar-refractivity contribution is 9.10. The van der Waals surface area contributed by atoms with E-state index in [2.05, 4.69) is 40.9 Å². The zero-order chi connectivity index (χ0) is 14.0. The molecule has 0 amide bonds. The first-order valence-electron chi connectivity index (χ1n) is 7.13. The minimum atomic E-state index is -0.187. The van der Waals surface area contributed by atoms with Crippen LogP contribution in [0.5, 0.6) is 0 Å². The molecule has 1 aromatic heterocycles. The molecule has 1 aliphatic rings. The van der Waals surface area contributed by atoms with Gasteiger partial charge in [0.1, 0.15) is 0 Å². The maximum absolute atomic E-state index is 9.64. The van der Waals surface area contributed by atoms with Crippen molar-refractivity contribution in [1.82, 2.24) is 9.78 Å². The first-order valence-corrected chi connectivity index (χ1v) is 7.92. The molecule has 1 aliphatic carbocycles. The molecule has 104 valence electrons. The van der Waals surface area contributed by atoms with Gasteiger partial charge in [0, 0.05) is 13.5 Å². The Hall–Kier alpha value is -0.820. The number of hydrogen-bond donors (Lipinski definition) is 0. The van der Waals surface area contributed by atoms with E-state index < -0.39 is 0 Å². The lowest BCUT2D eigenvalue weighted by atomic mass is 9.69. The van der Waals surface area contributed by atoms with Gasteiger partial charge < -0.3 is 0 Å². The van der Waals surface area contributed by atoms with E-state index in [0.29, 0.717) is 0 Å². The number of nitrogens with zero attached hydrogens (tertiary/aromatic N) is 3. The van der Waals surface area contributed by atoms with Gasteiger partial charge >= 0.3 is 0 Å². The monoisotopic (exact) mass is 323 g/mol. The highest BCUT2D eigenvalue weighted by atomic mass is 79.9. The Bertz CT molecular complexity index is 490. The fourth-order valence-corrected chi connectivity index (χ4v) is 3.73. The minimum Gasteiger partial charge on any atom is -0.271 e. The highest BCUT2D eigenvalue weighted by Gasteiger charge is 2.36. The summed E-state index contributed by atoms with van der Waals surface area (Å²) in [6, 6.07) is 2.61. The van der Waals surface area contributed by atoms with E-state index >= 15 is 0 Å². The molecule has 1 fully saturated rings. The van der Waals surface area contributed by atoms with Gasteiger partial charge in [-0.3, -0.25) is 4.68 Å². The fraction of sp³-hybridized carbons (Fsp3) is 0.733. The third kappa shape index (κ3) is 2.86. The summed E-state index contributed by atoms with van der Waals surface area (Å²) in [6.07, 6.45) is 6.12. The topological polar surface area (TPSA) is 41.6 Å². The van der Waals surface area contributed by atoms with Crippen LogP contribution in [0.4, 0.5) is 0 Å². The predicted octanol–water partition coefficient (Wildman–Crippen LogP) is 4.01. The number of nitriles is 1. The molecular formula is C15H22BrN3. The lowest BCUT2D eigenvalue weighted by molar-refractivity contribution is 0.215. The molecule has 0 N–H and O–H groups in total. The largest absolute Gasteiger partial charge is 0.271 e. The summed E-state index contributed by atoms with van der Waals surface area (Å²) >= 11 is 3.66. The van der Waals surface area contributed by atoms with Crippen molar-refractivity contribution in [2.45, 2.75) is 52.4 Å². The lowest BCUT2D eigenvalue weighted by Gasteiger charge is -2.33. The zero-order valence-electron chi connectivity index (χ0n) is 12.0. The molecule has 4 heteroatoms. The third-order valence-corrected chi connectivity index (χ3v) is 5.39. The number of aromatic nitrogens is 2. The van der Waals surface area contributed by atoms with E-state index in [1.54, 1.807) is 0 Å². The fourth-order valence-electron chi connectivity index (χ4n) is 2.98. The number of halogens is 1. The Morgan fingerprint density at radius 1 is 1.47 bits per heavy atom. The van der Waals surface area contributed by atoms with Crippen LogP contribution in [0.15, 0.2) is 4.47 Å². The van der Waals surface area contributed by atoms with Gasteiger partial charge in [0.25, 0.3) is 0 Å². The van der Waals surface area contributed by atoms with Gasteiger partial charge in [-0.1, -0.05) is 13.8 Å². The van der Waals surface area contributed by atoms with Gasteiger partial charge in [-0.05, 0) is 54.0 Å². The highest BCUT2D eigenvalue weighted by Crippen LogP contribution is 2.42. The van der Waals surface area contributed by atoms with Crippen molar-refractivity contribution in [2.75, 3.05) is 0 Å². The molecular weight excluding hydrogens is 302 g/mol. The molecule has 1 saturated carbocycles. The van der Waals surface area contributed by atoms with Gasteiger partial charge in [0.15, 0.2) is 0 Å². The molecule has 0 unspecified atom stereocenters. The van der Waals surface area contributed by atoms with Crippen LogP contribution < -0.4 is 0 Å². The second-order valence-electron chi connectivity index (χ2n) is 5.94. The predicted molar refractivity (Wildman–Crippen MR) is 79.7 cm³/mol. The quantitative estimate of drug-likeness (QED) is 0.843. The molecule has 2 rings (SSSR count). The summed E-state index contributed by atoms with van der Waals surface area (Å²) in [5, 5.41) is 14.2. The Kier molecular flexibility index (Phi) is 4.35. The Morgan fingerprint density at radius 2 is 2.11 bits per heavy atom. The van der Waals surface area contributed by atoms with Crippen LogP contribution in [0.2, 0.25) is 0 Å². The lowest BCUT2D eigenvalue weighted by Crippen LogP contribution is -2.28. The van der Waals surface area contributed by atoms with Gasteiger partial charge in [-0.25, -0.2) is 0 Å². The van der Waals surface area contributed by atoms with Gasteiger partial charge in [-0.2, -0.15) is 10.4 Å². The average Bonchev–Trinajstić information content (AvgIpc) is 2.69. The van der Waals surface area contributed by atoms with Crippen LogP contribution in [0.3, 0.4) is 0 Å². The first kappa shape index (κ1) is 14.6. The number of hydrogen-bond acceptors (Lipinski definition) is 2. The zero-order valence-corrected chi connectivity index (χ0v) is 13.6. The average molecular weight is 324 g/mol. The van der Waals surface area contributed by atoms with Crippen molar-refractivity contribution < 1.29 is 0 Å². The second kappa shape index (κ2) is 5.66. The first-order chi connectivity index (χ1) is 9.01. The number of aryl methyl sites for hydroxylation is 2. The van der Waals surface area contributed by atoms with E-state index in [0.717, 1.165) is 41.8 Å². The summed E-state index contributed by atoms with van der Waals surface area (Å²) in [4.78, 5) is 0. The van der Waals surface area contributed by atoms with Crippen molar-refractivity contribution in [3.8, 4) is 6.07 Å². The molecule has 1 aromatic rings. The summed E-state index contributed by atoms with van der Waals surface area (Å²) in [5.41, 5.74) is 2.08. The Morgan fingerprint density at radius 3 is 2.58 bits per heavy atom. The molecule has 0 saturated heterocycles. The molecule has 0 aromatic carbocycles. The van der Waals surface area contributed by atoms with Gasteiger partial charge in [0.05, 0.1) is 27.3 Å². The smallest absolute Gasteiger partial charge is 0.0766 e. The van der Waals surface area contributed by atoms with Crippen LogP contribution >= 0.6 is 15.9 Å². The van der Waals surface area contributed by atoms with E-state index in [4.69, 9.17) is 0 Å². The van der Waals surface area contributed by atoms with E-state index in [-0.39, 0.29) is 5.41 Å². The van der Waals surface area contributed by atoms with E-state index in [1.807, 2.05) is 11.7 Å². The van der Waals surface area contributed by atoms with Gasteiger partial charge in [0.2, 0.25) is 0 Å². The summed E-state index contributed by atoms with van der Waals surface area (Å²) in [6.45, 7) is 4.40. The van der Waals surface area contributed by atoms with Crippen molar-refractivity contribution in [1.29, 1.82) is 5.26 Å². The third-order valence-electron chi connectivity index (χ3n) is 4.48. The minimum absolute atomic E-state index is 0.187. The molecule has 3 nitrogen and oxygen atoms in total. The molecule has 19 heavy (non-hydrogen) atoms. The number of rotatable bonds is 3. The maximum Gasteiger partial charge on any atom is 0.0766 e.